The van der Waals surface area contributed by atoms with E-state index in [0.29, 0.717) is 5.92 Å². The van der Waals surface area contributed by atoms with Crippen LogP contribution < -0.4 is 10.2 Å². The SMILES string of the molecule is CNc1cc(N(C)CC2CCCCC2)nc(C(C)C)n1. The van der Waals surface area contributed by atoms with E-state index in [0.717, 1.165) is 29.9 Å². The molecule has 0 amide bonds. The fraction of sp³-hybridized carbons (Fsp3) is 0.750. The first-order chi connectivity index (χ1) is 9.60. The van der Waals surface area contributed by atoms with Gasteiger partial charge in [-0.15, -0.1) is 0 Å². The Bertz CT molecular complexity index is 424. The molecule has 1 aliphatic carbocycles. The number of hydrogen-bond donors (Lipinski definition) is 1. The maximum absolute atomic E-state index is 4.72. The van der Waals surface area contributed by atoms with Gasteiger partial charge in [-0.25, -0.2) is 9.97 Å². The third kappa shape index (κ3) is 3.84. The molecular formula is C16H28N4. The lowest BCUT2D eigenvalue weighted by atomic mass is 9.89. The van der Waals surface area contributed by atoms with Crippen LogP contribution >= 0.6 is 0 Å². The minimum absolute atomic E-state index is 0.352. The average molecular weight is 276 g/mol. The Morgan fingerprint density at radius 1 is 1.25 bits per heavy atom. The first-order valence-electron chi connectivity index (χ1n) is 7.88. The molecule has 1 aromatic heterocycles. The fourth-order valence-corrected chi connectivity index (χ4v) is 2.88. The maximum Gasteiger partial charge on any atom is 0.135 e. The van der Waals surface area contributed by atoms with Gasteiger partial charge in [0.2, 0.25) is 0 Å². The third-order valence-electron chi connectivity index (χ3n) is 4.15. The summed E-state index contributed by atoms with van der Waals surface area (Å²) in [5.74, 6) is 4.05. The van der Waals surface area contributed by atoms with E-state index in [2.05, 4.69) is 42.2 Å². The summed E-state index contributed by atoms with van der Waals surface area (Å²) in [6.45, 7) is 5.39. The molecule has 0 bridgehead atoms. The summed E-state index contributed by atoms with van der Waals surface area (Å²) in [5.41, 5.74) is 0. The molecule has 4 nitrogen and oxygen atoms in total. The molecule has 2 rings (SSSR count). The standard InChI is InChI=1S/C16H28N4/c1-12(2)16-18-14(17-3)10-15(19-16)20(4)11-13-8-6-5-7-9-13/h10,12-13H,5-9,11H2,1-4H3,(H,17,18,19). The van der Waals surface area contributed by atoms with Crippen molar-refractivity contribution in [1.82, 2.24) is 9.97 Å². The van der Waals surface area contributed by atoms with Gasteiger partial charge >= 0.3 is 0 Å². The number of aromatic nitrogens is 2. The van der Waals surface area contributed by atoms with Crippen LogP contribution in [-0.4, -0.2) is 30.6 Å². The molecule has 1 heterocycles. The van der Waals surface area contributed by atoms with Crippen molar-refractivity contribution in [3.8, 4) is 0 Å². The van der Waals surface area contributed by atoms with Crippen molar-refractivity contribution in [3.63, 3.8) is 0 Å². The Morgan fingerprint density at radius 3 is 2.55 bits per heavy atom. The number of rotatable bonds is 5. The summed E-state index contributed by atoms with van der Waals surface area (Å²) < 4.78 is 0. The zero-order chi connectivity index (χ0) is 14.5. The minimum atomic E-state index is 0.352. The molecule has 1 N–H and O–H groups in total. The molecule has 0 atom stereocenters. The van der Waals surface area contributed by atoms with Gasteiger partial charge in [0, 0.05) is 32.6 Å². The largest absolute Gasteiger partial charge is 0.373 e. The Labute approximate surface area is 123 Å². The number of anilines is 2. The number of nitrogens with zero attached hydrogens (tertiary/aromatic N) is 3. The van der Waals surface area contributed by atoms with E-state index in [-0.39, 0.29) is 0 Å². The van der Waals surface area contributed by atoms with E-state index in [1.165, 1.54) is 32.1 Å². The van der Waals surface area contributed by atoms with Crippen molar-refractivity contribution in [2.24, 2.45) is 5.92 Å². The number of nitrogens with one attached hydrogen (secondary N) is 1. The van der Waals surface area contributed by atoms with Crippen molar-refractivity contribution in [2.75, 3.05) is 30.9 Å². The fourth-order valence-electron chi connectivity index (χ4n) is 2.88. The second kappa shape index (κ2) is 6.91. The summed E-state index contributed by atoms with van der Waals surface area (Å²) in [6.07, 6.45) is 6.92. The zero-order valence-electron chi connectivity index (χ0n) is 13.3. The molecule has 1 aliphatic rings. The maximum atomic E-state index is 4.72. The highest BCUT2D eigenvalue weighted by molar-refractivity contribution is 5.49. The zero-order valence-corrected chi connectivity index (χ0v) is 13.3. The van der Waals surface area contributed by atoms with Gasteiger partial charge in [-0.3, -0.25) is 0 Å². The number of hydrogen-bond acceptors (Lipinski definition) is 4. The van der Waals surface area contributed by atoms with E-state index in [1.54, 1.807) is 0 Å². The highest BCUT2D eigenvalue weighted by Crippen LogP contribution is 2.26. The predicted molar refractivity (Wildman–Crippen MR) is 85.5 cm³/mol. The summed E-state index contributed by atoms with van der Waals surface area (Å²) in [5, 5.41) is 3.14. The van der Waals surface area contributed by atoms with Crippen molar-refractivity contribution in [3.05, 3.63) is 11.9 Å². The molecule has 112 valence electrons. The normalized spacial score (nSPS) is 16.4. The Hall–Kier alpha value is -1.32. The molecule has 0 aromatic carbocycles. The van der Waals surface area contributed by atoms with E-state index in [4.69, 9.17) is 4.98 Å². The molecule has 4 heteroatoms. The van der Waals surface area contributed by atoms with Crippen LogP contribution in [-0.2, 0) is 0 Å². The lowest BCUT2D eigenvalue weighted by Gasteiger charge is -2.28. The molecule has 1 aromatic rings. The quantitative estimate of drug-likeness (QED) is 0.891. The van der Waals surface area contributed by atoms with Gasteiger partial charge in [-0.1, -0.05) is 33.1 Å². The summed E-state index contributed by atoms with van der Waals surface area (Å²) in [4.78, 5) is 11.5. The Kier molecular flexibility index (Phi) is 5.21. The van der Waals surface area contributed by atoms with E-state index >= 15 is 0 Å². The van der Waals surface area contributed by atoms with Gasteiger partial charge in [-0.05, 0) is 18.8 Å². The smallest absolute Gasteiger partial charge is 0.135 e. The van der Waals surface area contributed by atoms with Crippen LogP contribution in [0.2, 0.25) is 0 Å². The molecule has 20 heavy (non-hydrogen) atoms. The average Bonchev–Trinajstić information content (AvgIpc) is 2.47. The van der Waals surface area contributed by atoms with Gasteiger partial charge in [0.1, 0.15) is 17.5 Å². The second-order valence-electron chi connectivity index (χ2n) is 6.26. The van der Waals surface area contributed by atoms with Crippen molar-refractivity contribution < 1.29 is 0 Å². The molecule has 1 fully saturated rings. The lowest BCUT2D eigenvalue weighted by Crippen LogP contribution is -2.28. The molecule has 0 saturated heterocycles. The van der Waals surface area contributed by atoms with Crippen LogP contribution in [0, 0.1) is 5.92 Å². The first kappa shape index (κ1) is 15.1. The lowest BCUT2D eigenvalue weighted by molar-refractivity contribution is 0.361. The monoisotopic (exact) mass is 276 g/mol. The van der Waals surface area contributed by atoms with E-state index in [9.17, 15) is 0 Å². The molecule has 0 aliphatic heterocycles. The van der Waals surface area contributed by atoms with Crippen molar-refractivity contribution in [2.45, 2.75) is 51.9 Å². The first-order valence-corrected chi connectivity index (χ1v) is 7.88. The Balaban J connectivity index is 2.11. The van der Waals surface area contributed by atoms with Gasteiger partial charge < -0.3 is 10.2 Å². The summed E-state index contributed by atoms with van der Waals surface area (Å²) >= 11 is 0. The van der Waals surface area contributed by atoms with Gasteiger partial charge in [0.05, 0.1) is 0 Å². The van der Waals surface area contributed by atoms with Crippen LogP contribution in [0.3, 0.4) is 0 Å². The topological polar surface area (TPSA) is 41.0 Å². The molecule has 0 unspecified atom stereocenters. The highest BCUT2D eigenvalue weighted by Gasteiger charge is 2.17. The highest BCUT2D eigenvalue weighted by atomic mass is 15.2. The molecule has 0 radical (unpaired) electrons. The van der Waals surface area contributed by atoms with E-state index in [1.807, 2.05) is 7.05 Å². The van der Waals surface area contributed by atoms with Crippen molar-refractivity contribution in [1.29, 1.82) is 0 Å². The van der Waals surface area contributed by atoms with Crippen LogP contribution in [0.15, 0.2) is 6.07 Å². The Morgan fingerprint density at radius 2 is 1.95 bits per heavy atom. The van der Waals surface area contributed by atoms with Crippen LogP contribution in [0.1, 0.15) is 57.7 Å². The third-order valence-corrected chi connectivity index (χ3v) is 4.15. The van der Waals surface area contributed by atoms with Gasteiger partial charge in [0.25, 0.3) is 0 Å². The van der Waals surface area contributed by atoms with Crippen molar-refractivity contribution >= 4 is 11.6 Å². The van der Waals surface area contributed by atoms with Gasteiger partial charge in [-0.2, -0.15) is 0 Å². The van der Waals surface area contributed by atoms with E-state index < -0.39 is 0 Å². The van der Waals surface area contributed by atoms with Crippen LogP contribution in [0.5, 0.6) is 0 Å². The molecule has 1 saturated carbocycles. The second-order valence-corrected chi connectivity index (χ2v) is 6.26. The van der Waals surface area contributed by atoms with Crippen LogP contribution in [0.4, 0.5) is 11.6 Å². The minimum Gasteiger partial charge on any atom is -0.373 e. The molecule has 0 spiro atoms. The van der Waals surface area contributed by atoms with Crippen LogP contribution in [0.25, 0.3) is 0 Å². The predicted octanol–water partition coefficient (Wildman–Crippen LogP) is 3.66. The summed E-state index contributed by atoms with van der Waals surface area (Å²) in [6, 6.07) is 2.05. The summed E-state index contributed by atoms with van der Waals surface area (Å²) in [7, 11) is 4.07. The molecular weight excluding hydrogens is 248 g/mol. The van der Waals surface area contributed by atoms with Gasteiger partial charge in [0.15, 0.2) is 0 Å².